The molecule has 0 spiro atoms. The van der Waals surface area contributed by atoms with Crippen LogP contribution in [0.2, 0.25) is 5.28 Å². The molecule has 0 amide bonds. The Labute approximate surface area is 134 Å². The molecule has 22 heavy (non-hydrogen) atoms. The Balaban J connectivity index is 1.93. The molecule has 0 saturated heterocycles. The Morgan fingerprint density at radius 2 is 2.18 bits per heavy atom. The van der Waals surface area contributed by atoms with Crippen molar-refractivity contribution >= 4 is 29.0 Å². The summed E-state index contributed by atoms with van der Waals surface area (Å²) in [5.41, 5.74) is 2.00. The van der Waals surface area contributed by atoms with Crippen LogP contribution in [0.1, 0.15) is 44.8 Å². The van der Waals surface area contributed by atoms with Crippen LogP contribution in [0.15, 0.2) is 23.5 Å². The van der Waals surface area contributed by atoms with Crippen LogP contribution in [0.4, 0.5) is 0 Å². The van der Waals surface area contributed by atoms with Gasteiger partial charge in [0.25, 0.3) is 0 Å². The second kappa shape index (κ2) is 4.88. The third kappa shape index (κ3) is 2.15. The first-order chi connectivity index (χ1) is 10.6. The van der Waals surface area contributed by atoms with Gasteiger partial charge in [-0.05, 0) is 49.9 Å². The fourth-order valence-corrected chi connectivity index (χ4v) is 3.28. The second-order valence-corrected chi connectivity index (χ2v) is 6.81. The molecule has 114 valence electrons. The lowest BCUT2D eigenvalue weighted by Crippen LogP contribution is -2.23. The van der Waals surface area contributed by atoms with Gasteiger partial charge in [0.2, 0.25) is 5.28 Å². The summed E-state index contributed by atoms with van der Waals surface area (Å²) in [5.74, 6) is 0.718. The normalized spacial score (nSPS) is 24.0. The van der Waals surface area contributed by atoms with Crippen molar-refractivity contribution in [1.82, 2.24) is 19.5 Å². The van der Waals surface area contributed by atoms with Crippen LogP contribution in [-0.2, 0) is 5.54 Å². The van der Waals surface area contributed by atoms with Crippen LogP contribution in [0.5, 0.6) is 0 Å². The van der Waals surface area contributed by atoms with E-state index in [-0.39, 0.29) is 11.3 Å². The van der Waals surface area contributed by atoms with Gasteiger partial charge in [-0.25, -0.2) is 9.97 Å². The Morgan fingerprint density at radius 1 is 1.36 bits per heavy atom. The van der Waals surface area contributed by atoms with Gasteiger partial charge in [0, 0.05) is 12.3 Å². The first kappa shape index (κ1) is 13.9. The summed E-state index contributed by atoms with van der Waals surface area (Å²) >= 11 is 6.21. The van der Waals surface area contributed by atoms with E-state index in [1.165, 1.54) is 12.8 Å². The van der Waals surface area contributed by atoms with Gasteiger partial charge in [-0.1, -0.05) is 12.8 Å². The monoisotopic (exact) mass is 315 g/mol. The van der Waals surface area contributed by atoms with E-state index >= 15 is 0 Å². The van der Waals surface area contributed by atoms with Crippen LogP contribution < -0.4 is 0 Å². The highest BCUT2D eigenvalue weighted by Gasteiger charge is 2.40. The Hall–Kier alpha value is -1.75. The minimum Gasteiger partial charge on any atom is -0.313 e. The molecule has 1 aliphatic heterocycles. The Morgan fingerprint density at radius 3 is 2.82 bits per heavy atom. The topological polar surface area (TPSA) is 56.0 Å². The summed E-state index contributed by atoms with van der Waals surface area (Å²) in [5, 5.41) is 0.260. The predicted molar refractivity (Wildman–Crippen MR) is 87.4 cm³/mol. The number of allylic oxidation sites excluding steroid dienone is 1. The highest BCUT2D eigenvalue weighted by Crippen LogP contribution is 2.45. The summed E-state index contributed by atoms with van der Waals surface area (Å²) in [6.45, 7) is 4.20. The Kier molecular flexibility index (Phi) is 3.08. The van der Waals surface area contributed by atoms with Crippen LogP contribution in [0, 0.1) is 5.92 Å². The van der Waals surface area contributed by atoms with Crippen molar-refractivity contribution in [1.29, 1.82) is 0 Å². The number of hydrogen-bond donors (Lipinski definition) is 0. The summed E-state index contributed by atoms with van der Waals surface area (Å²) in [4.78, 5) is 18.2. The fraction of sp³-hybridized carbons (Fsp3) is 0.500. The molecule has 1 unspecified atom stereocenters. The molecule has 5 nitrogen and oxygen atoms in total. The number of rotatable bonds is 4. The number of aromatic nitrogens is 4. The van der Waals surface area contributed by atoms with Crippen LogP contribution in [-0.4, -0.2) is 25.7 Å². The van der Waals surface area contributed by atoms with Crippen molar-refractivity contribution in [2.45, 2.75) is 44.7 Å². The molecule has 0 aromatic carbocycles. The summed E-state index contributed by atoms with van der Waals surface area (Å²) < 4.78 is 2.03. The van der Waals surface area contributed by atoms with Crippen molar-refractivity contribution in [3.05, 3.63) is 29.5 Å². The number of fused-ring (bicyclic) bond motifs is 1. The molecule has 1 fully saturated rings. The van der Waals surface area contributed by atoms with Gasteiger partial charge >= 0.3 is 0 Å². The number of halogens is 1. The van der Waals surface area contributed by atoms with Crippen molar-refractivity contribution in [3.63, 3.8) is 0 Å². The molecule has 0 bridgehead atoms. The Bertz CT molecular complexity index is 773. The smallest absolute Gasteiger partial charge is 0.224 e. The van der Waals surface area contributed by atoms with Crippen LogP contribution >= 0.6 is 11.6 Å². The van der Waals surface area contributed by atoms with Crippen molar-refractivity contribution in [3.8, 4) is 0 Å². The lowest BCUT2D eigenvalue weighted by Gasteiger charge is -2.24. The average molecular weight is 316 g/mol. The quantitative estimate of drug-likeness (QED) is 0.808. The third-order valence-electron chi connectivity index (χ3n) is 4.42. The molecule has 6 heteroatoms. The minimum absolute atomic E-state index is 0.260. The maximum absolute atomic E-state index is 6.21. The molecule has 1 saturated carbocycles. The molecule has 2 aromatic heterocycles. The molecule has 1 atom stereocenters. The lowest BCUT2D eigenvalue weighted by molar-refractivity contribution is 0.477. The van der Waals surface area contributed by atoms with E-state index in [1.54, 1.807) is 0 Å². The standard InChI is InChI=1S/C16H18ClN5/c1-10(2)22-9-18-12-13(20-15(17)21-14(12)22)16(6-3-7-19-16)8-11-4-5-11/h3,6-7,9-11H,4-5,8H2,1-2H3. The van der Waals surface area contributed by atoms with E-state index in [2.05, 4.69) is 34.9 Å². The van der Waals surface area contributed by atoms with Gasteiger partial charge in [-0.3, -0.25) is 4.99 Å². The highest BCUT2D eigenvalue weighted by molar-refractivity contribution is 6.28. The van der Waals surface area contributed by atoms with E-state index in [0.29, 0.717) is 0 Å². The molecular weight excluding hydrogens is 298 g/mol. The van der Waals surface area contributed by atoms with Gasteiger partial charge in [0.05, 0.1) is 6.33 Å². The number of nitrogens with zero attached hydrogens (tertiary/aromatic N) is 5. The lowest BCUT2D eigenvalue weighted by atomic mass is 9.89. The molecule has 4 rings (SSSR count). The maximum atomic E-state index is 6.21. The first-order valence-corrected chi connectivity index (χ1v) is 8.10. The molecule has 3 heterocycles. The van der Waals surface area contributed by atoms with Gasteiger partial charge in [0.15, 0.2) is 5.65 Å². The van der Waals surface area contributed by atoms with Crippen LogP contribution in [0.3, 0.4) is 0 Å². The largest absolute Gasteiger partial charge is 0.313 e. The summed E-state index contributed by atoms with van der Waals surface area (Å²) in [6, 6.07) is 0.269. The zero-order chi connectivity index (χ0) is 15.3. The van der Waals surface area contributed by atoms with E-state index < -0.39 is 5.54 Å². The average Bonchev–Trinajstić information content (AvgIpc) is 2.99. The molecular formula is C16H18ClN5. The van der Waals surface area contributed by atoms with Gasteiger partial charge in [-0.15, -0.1) is 0 Å². The molecule has 0 N–H and O–H groups in total. The van der Waals surface area contributed by atoms with Crippen molar-refractivity contribution < 1.29 is 0 Å². The number of aliphatic imine (C=N–C) groups is 1. The third-order valence-corrected chi connectivity index (χ3v) is 4.59. The number of hydrogen-bond acceptors (Lipinski definition) is 4. The zero-order valence-corrected chi connectivity index (χ0v) is 13.5. The molecule has 2 aliphatic rings. The van der Waals surface area contributed by atoms with Gasteiger partial charge < -0.3 is 4.57 Å². The van der Waals surface area contributed by atoms with Crippen molar-refractivity contribution in [2.75, 3.05) is 0 Å². The second-order valence-electron chi connectivity index (χ2n) is 6.47. The molecule has 1 aliphatic carbocycles. The first-order valence-electron chi connectivity index (χ1n) is 7.73. The summed E-state index contributed by atoms with van der Waals surface area (Å²) in [6.07, 6.45) is 11.3. The summed E-state index contributed by atoms with van der Waals surface area (Å²) in [7, 11) is 0. The molecule has 0 radical (unpaired) electrons. The zero-order valence-electron chi connectivity index (χ0n) is 12.7. The van der Waals surface area contributed by atoms with Crippen molar-refractivity contribution in [2.24, 2.45) is 10.9 Å². The minimum atomic E-state index is -0.428. The van der Waals surface area contributed by atoms with E-state index in [9.17, 15) is 0 Å². The van der Waals surface area contributed by atoms with E-state index in [4.69, 9.17) is 16.6 Å². The maximum Gasteiger partial charge on any atom is 0.224 e. The van der Waals surface area contributed by atoms with Gasteiger partial charge in [0.1, 0.15) is 16.7 Å². The fourth-order valence-electron chi connectivity index (χ4n) is 3.11. The SMILES string of the molecule is CC(C)n1cnc2c(C3(CC4CC4)C=CC=N3)nc(Cl)nc21. The highest BCUT2D eigenvalue weighted by atomic mass is 35.5. The molecule has 2 aromatic rings. The van der Waals surface area contributed by atoms with Crippen LogP contribution in [0.25, 0.3) is 11.2 Å². The van der Waals surface area contributed by atoms with E-state index in [0.717, 1.165) is 29.2 Å². The predicted octanol–water partition coefficient (Wildman–Crippen LogP) is 3.70. The number of imidazole rings is 1. The van der Waals surface area contributed by atoms with Gasteiger partial charge in [-0.2, -0.15) is 4.98 Å². The van der Waals surface area contributed by atoms with E-state index in [1.807, 2.05) is 23.2 Å².